The van der Waals surface area contributed by atoms with Gasteiger partial charge in [0.1, 0.15) is 11.8 Å². The van der Waals surface area contributed by atoms with Crippen molar-refractivity contribution in [3.8, 4) is 11.8 Å². The molecule has 98 valence electrons. The lowest BCUT2D eigenvalue weighted by Crippen LogP contribution is -2.27. The molecule has 3 nitrogen and oxygen atoms in total. The SMILES string of the molecule is CCN(CC)C(C#N)c1cccc(OC(C)C)c1. The van der Waals surface area contributed by atoms with E-state index in [1.54, 1.807) is 0 Å². The molecule has 1 rings (SSSR count). The van der Waals surface area contributed by atoms with E-state index in [-0.39, 0.29) is 12.1 Å². The Morgan fingerprint density at radius 1 is 1.28 bits per heavy atom. The fourth-order valence-electron chi connectivity index (χ4n) is 1.99. The van der Waals surface area contributed by atoms with E-state index in [0.717, 1.165) is 24.4 Å². The van der Waals surface area contributed by atoms with Crippen LogP contribution in [0.4, 0.5) is 0 Å². The summed E-state index contributed by atoms with van der Waals surface area (Å²) in [4.78, 5) is 2.13. The van der Waals surface area contributed by atoms with Crippen molar-refractivity contribution < 1.29 is 4.74 Å². The van der Waals surface area contributed by atoms with Crippen LogP contribution in [-0.2, 0) is 0 Å². The Hall–Kier alpha value is -1.53. The van der Waals surface area contributed by atoms with Gasteiger partial charge in [-0.2, -0.15) is 5.26 Å². The maximum absolute atomic E-state index is 9.35. The van der Waals surface area contributed by atoms with Crippen LogP contribution in [0.3, 0.4) is 0 Å². The standard InChI is InChI=1S/C15H22N2O/c1-5-17(6-2)15(11-16)13-8-7-9-14(10-13)18-12(3)4/h7-10,12,15H,5-6H2,1-4H3. The minimum atomic E-state index is -0.198. The largest absolute Gasteiger partial charge is 0.491 e. The number of nitriles is 1. The molecule has 0 fully saturated rings. The summed E-state index contributed by atoms with van der Waals surface area (Å²) >= 11 is 0. The van der Waals surface area contributed by atoms with Gasteiger partial charge in [0.15, 0.2) is 0 Å². The van der Waals surface area contributed by atoms with Crippen LogP contribution < -0.4 is 4.74 Å². The summed E-state index contributed by atoms with van der Waals surface area (Å²) in [6.45, 7) is 9.87. The van der Waals surface area contributed by atoms with Gasteiger partial charge in [0.25, 0.3) is 0 Å². The lowest BCUT2D eigenvalue weighted by Gasteiger charge is -2.24. The summed E-state index contributed by atoms with van der Waals surface area (Å²) in [5.41, 5.74) is 0.999. The highest BCUT2D eigenvalue weighted by atomic mass is 16.5. The van der Waals surface area contributed by atoms with Crippen LogP contribution in [0, 0.1) is 11.3 Å². The van der Waals surface area contributed by atoms with Crippen LogP contribution in [0.5, 0.6) is 5.75 Å². The van der Waals surface area contributed by atoms with Gasteiger partial charge in [0.05, 0.1) is 12.2 Å². The number of ether oxygens (including phenoxy) is 1. The fourth-order valence-corrected chi connectivity index (χ4v) is 1.99. The van der Waals surface area contributed by atoms with Gasteiger partial charge < -0.3 is 4.74 Å². The average Bonchev–Trinajstić information content (AvgIpc) is 2.35. The first-order valence-corrected chi connectivity index (χ1v) is 6.52. The van der Waals surface area contributed by atoms with Crippen LogP contribution in [0.2, 0.25) is 0 Å². The average molecular weight is 246 g/mol. The van der Waals surface area contributed by atoms with E-state index in [1.807, 2.05) is 38.1 Å². The Morgan fingerprint density at radius 2 is 1.94 bits per heavy atom. The van der Waals surface area contributed by atoms with E-state index in [2.05, 4.69) is 24.8 Å². The van der Waals surface area contributed by atoms with Crippen molar-refractivity contribution >= 4 is 0 Å². The normalized spacial score (nSPS) is 12.5. The molecule has 18 heavy (non-hydrogen) atoms. The Morgan fingerprint density at radius 3 is 2.44 bits per heavy atom. The molecule has 1 aromatic carbocycles. The van der Waals surface area contributed by atoms with Crippen molar-refractivity contribution in [1.82, 2.24) is 4.90 Å². The quantitative estimate of drug-likeness (QED) is 0.772. The third-order valence-corrected chi connectivity index (χ3v) is 2.85. The van der Waals surface area contributed by atoms with Gasteiger partial charge in [0, 0.05) is 0 Å². The van der Waals surface area contributed by atoms with Crippen LogP contribution in [0.1, 0.15) is 39.3 Å². The van der Waals surface area contributed by atoms with Gasteiger partial charge in [-0.05, 0) is 44.6 Å². The molecule has 1 unspecified atom stereocenters. The topological polar surface area (TPSA) is 36.3 Å². The molecule has 0 aliphatic carbocycles. The summed E-state index contributed by atoms with van der Waals surface area (Å²) < 4.78 is 5.67. The maximum atomic E-state index is 9.35. The summed E-state index contributed by atoms with van der Waals surface area (Å²) in [6, 6.07) is 10.00. The van der Waals surface area contributed by atoms with E-state index in [0.29, 0.717) is 0 Å². The highest BCUT2D eigenvalue weighted by Crippen LogP contribution is 2.24. The zero-order valence-corrected chi connectivity index (χ0v) is 11.7. The van der Waals surface area contributed by atoms with Crippen molar-refractivity contribution in [3.63, 3.8) is 0 Å². The van der Waals surface area contributed by atoms with Gasteiger partial charge in [-0.3, -0.25) is 4.90 Å². The van der Waals surface area contributed by atoms with Crippen molar-refractivity contribution in [3.05, 3.63) is 29.8 Å². The zero-order valence-electron chi connectivity index (χ0n) is 11.7. The second-order valence-corrected chi connectivity index (χ2v) is 4.49. The van der Waals surface area contributed by atoms with Gasteiger partial charge in [-0.1, -0.05) is 26.0 Å². The van der Waals surface area contributed by atoms with Crippen molar-refractivity contribution in [2.75, 3.05) is 13.1 Å². The van der Waals surface area contributed by atoms with E-state index < -0.39 is 0 Å². The predicted molar refractivity (Wildman–Crippen MR) is 73.5 cm³/mol. The van der Waals surface area contributed by atoms with E-state index in [1.165, 1.54) is 0 Å². The summed E-state index contributed by atoms with van der Waals surface area (Å²) in [5.74, 6) is 0.829. The molecule has 0 saturated carbocycles. The van der Waals surface area contributed by atoms with E-state index in [4.69, 9.17) is 4.74 Å². The molecule has 1 atom stereocenters. The molecular formula is C15H22N2O. The van der Waals surface area contributed by atoms with Crippen molar-refractivity contribution in [1.29, 1.82) is 5.26 Å². The summed E-state index contributed by atoms with van der Waals surface area (Å²) in [5, 5.41) is 9.35. The first kappa shape index (κ1) is 14.5. The number of hydrogen-bond acceptors (Lipinski definition) is 3. The molecule has 0 bridgehead atoms. The van der Waals surface area contributed by atoms with Gasteiger partial charge in [-0.15, -0.1) is 0 Å². The maximum Gasteiger partial charge on any atom is 0.123 e. The zero-order chi connectivity index (χ0) is 13.5. The number of nitrogens with zero attached hydrogens (tertiary/aromatic N) is 2. The Labute approximate surface area is 110 Å². The molecule has 0 N–H and O–H groups in total. The minimum absolute atomic E-state index is 0.147. The van der Waals surface area contributed by atoms with Crippen molar-refractivity contribution in [2.24, 2.45) is 0 Å². The molecule has 1 aromatic rings. The smallest absolute Gasteiger partial charge is 0.123 e. The summed E-state index contributed by atoms with van der Waals surface area (Å²) in [6.07, 6.45) is 0.147. The highest BCUT2D eigenvalue weighted by molar-refractivity contribution is 5.33. The van der Waals surface area contributed by atoms with Crippen LogP contribution >= 0.6 is 0 Å². The molecule has 0 spiro atoms. The van der Waals surface area contributed by atoms with Gasteiger partial charge >= 0.3 is 0 Å². The van der Waals surface area contributed by atoms with Crippen LogP contribution in [0.25, 0.3) is 0 Å². The fraction of sp³-hybridized carbons (Fsp3) is 0.533. The van der Waals surface area contributed by atoms with E-state index >= 15 is 0 Å². The minimum Gasteiger partial charge on any atom is -0.491 e. The second kappa shape index (κ2) is 7.03. The predicted octanol–water partition coefficient (Wildman–Crippen LogP) is 3.38. The molecular weight excluding hydrogens is 224 g/mol. The lowest BCUT2D eigenvalue weighted by molar-refractivity contribution is 0.239. The number of hydrogen-bond donors (Lipinski definition) is 0. The third-order valence-electron chi connectivity index (χ3n) is 2.85. The Bertz CT molecular complexity index is 405. The van der Waals surface area contributed by atoms with Crippen LogP contribution in [0.15, 0.2) is 24.3 Å². The first-order valence-electron chi connectivity index (χ1n) is 6.52. The van der Waals surface area contributed by atoms with Crippen LogP contribution in [-0.4, -0.2) is 24.1 Å². The van der Waals surface area contributed by atoms with Gasteiger partial charge in [0.2, 0.25) is 0 Å². The molecule has 0 radical (unpaired) electrons. The van der Waals surface area contributed by atoms with Gasteiger partial charge in [-0.25, -0.2) is 0 Å². The lowest BCUT2D eigenvalue weighted by atomic mass is 10.1. The molecule has 0 aliphatic heterocycles. The molecule has 0 saturated heterocycles. The van der Waals surface area contributed by atoms with Crippen molar-refractivity contribution in [2.45, 2.75) is 39.8 Å². The number of rotatable bonds is 6. The Balaban J connectivity index is 2.96. The molecule has 0 amide bonds. The second-order valence-electron chi connectivity index (χ2n) is 4.49. The molecule has 0 heterocycles. The Kier molecular flexibility index (Phi) is 5.67. The van der Waals surface area contributed by atoms with E-state index in [9.17, 15) is 5.26 Å². The monoisotopic (exact) mass is 246 g/mol. The molecule has 0 aromatic heterocycles. The number of benzene rings is 1. The highest BCUT2D eigenvalue weighted by Gasteiger charge is 2.17. The summed E-state index contributed by atoms with van der Waals surface area (Å²) in [7, 11) is 0. The third kappa shape index (κ3) is 3.75. The molecule has 3 heteroatoms. The molecule has 0 aliphatic rings. The first-order chi connectivity index (χ1) is 8.62.